The van der Waals surface area contributed by atoms with Gasteiger partial charge in [0.15, 0.2) is 17.7 Å². The molecule has 2 aromatic heterocycles. The van der Waals surface area contributed by atoms with Crippen molar-refractivity contribution in [3.05, 3.63) is 24.8 Å². The van der Waals surface area contributed by atoms with Crippen LogP contribution in [0.5, 0.6) is 0 Å². The van der Waals surface area contributed by atoms with Crippen LogP contribution in [0.1, 0.15) is 33.4 Å². The van der Waals surface area contributed by atoms with E-state index in [4.69, 9.17) is 19.5 Å². The highest BCUT2D eigenvalue weighted by Crippen LogP contribution is 2.61. The van der Waals surface area contributed by atoms with Crippen LogP contribution in [0.2, 0.25) is 0 Å². The van der Waals surface area contributed by atoms with Crippen LogP contribution in [0.15, 0.2) is 24.8 Å². The zero-order chi connectivity index (χ0) is 39.8. The summed E-state index contributed by atoms with van der Waals surface area (Å²) in [5, 5.41) is 26.1. The summed E-state index contributed by atoms with van der Waals surface area (Å²) in [5.41, 5.74) is 4.26. The van der Waals surface area contributed by atoms with E-state index in [0.29, 0.717) is 5.75 Å². The Labute approximate surface area is 305 Å². The highest BCUT2D eigenvalue weighted by atomic mass is 32.2. The van der Waals surface area contributed by atoms with E-state index in [1.54, 1.807) is 13.0 Å². The van der Waals surface area contributed by atoms with Gasteiger partial charge >= 0.3 is 23.5 Å². The standard InChI is InChI=1S/C25H40N7O17P3S/c1-4-5-16(34)53-9-8-27-15(33)6-7-28-23(37)20(36)25(2,3)11-46-52(43,44)49-51(41,42)45-10-14-19(48-50(38,39)40)18(35)24(47-14)32-13-31-17-21(26)29-12-30-22(17)32/h4-5,12-14,18-20,24,35-36H,6-11H2,1-3H3,(H,27,33)(H,28,37)(H,41,42)(H,43,44)(H2,26,29,30)(H2,38,39,40)/b5-4+. The molecular weight excluding hydrogens is 795 g/mol. The molecule has 2 amide bonds. The van der Waals surface area contributed by atoms with Gasteiger partial charge in [0.05, 0.1) is 19.5 Å². The van der Waals surface area contributed by atoms with Gasteiger partial charge in [0.1, 0.15) is 36.3 Å². The number of fused-ring (bicyclic) bond motifs is 1. The number of nitrogens with zero attached hydrogens (tertiary/aromatic N) is 4. The molecule has 0 spiro atoms. The third-order valence-corrected chi connectivity index (χ3v) is 11.0. The van der Waals surface area contributed by atoms with Crippen molar-refractivity contribution in [2.45, 2.75) is 57.8 Å². The van der Waals surface area contributed by atoms with Crippen LogP contribution >= 0.6 is 35.2 Å². The largest absolute Gasteiger partial charge is 0.481 e. The second kappa shape index (κ2) is 18.8. The second-order valence-electron chi connectivity index (χ2n) is 11.7. The normalized spacial score (nSPS) is 22.4. The van der Waals surface area contributed by atoms with E-state index in [1.165, 1.54) is 19.9 Å². The molecule has 0 radical (unpaired) electrons. The molecule has 0 aromatic carbocycles. The Morgan fingerprint density at radius 1 is 1.09 bits per heavy atom. The van der Waals surface area contributed by atoms with Gasteiger partial charge in [-0.1, -0.05) is 31.7 Å². The van der Waals surface area contributed by atoms with Gasteiger partial charge in [-0.2, -0.15) is 4.31 Å². The zero-order valence-corrected chi connectivity index (χ0v) is 31.7. The zero-order valence-electron chi connectivity index (χ0n) is 28.2. The number of carbonyl (C=O) groups is 3. The third kappa shape index (κ3) is 13.5. The van der Waals surface area contributed by atoms with Gasteiger partial charge < -0.3 is 50.9 Å². The molecule has 7 unspecified atom stereocenters. The van der Waals surface area contributed by atoms with Crippen LogP contribution in [-0.4, -0.2) is 123 Å². The van der Waals surface area contributed by atoms with Crippen molar-refractivity contribution in [3.8, 4) is 0 Å². The maximum Gasteiger partial charge on any atom is 0.481 e. The minimum Gasteiger partial charge on any atom is -0.386 e. The molecule has 3 rings (SSSR count). The predicted molar refractivity (Wildman–Crippen MR) is 182 cm³/mol. The number of hydrogen-bond acceptors (Lipinski definition) is 18. The number of rotatable bonds is 20. The lowest BCUT2D eigenvalue weighted by atomic mass is 9.87. The topological polar surface area (TPSA) is 364 Å². The summed E-state index contributed by atoms with van der Waals surface area (Å²) in [6.45, 7) is 2.17. The van der Waals surface area contributed by atoms with Crippen molar-refractivity contribution in [2.24, 2.45) is 5.41 Å². The van der Waals surface area contributed by atoms with E-state index in [1.807, 2.05) is 0 Å². The van der Waals surface area contributed by atoms with Crippen molar-refractivity contribution in [1.82, 2.24) is 30.2 Å². The first kappa shape index (κ1) is 44.7. The first-order valence-corrected chi connectivity index (χ1v) is 20.7. The fourth-order valence-corrected chi connectivity index (χ4v) is 7.93. The number of phosphoric acid groups is 3. The molecule has 7 atom stereocenters. The van der Waals surface area contributed by atoms with E-state index < -0.39 is 84.6 Å². The quantitative estimate of drug-likeness (QED) is 0.0449. The Balaban J connectivity index is 1.52. The number of hydrogen-bond donors (Lipinski definition) is 9. The van der Waals surface area contributed by atoms with Crippen LogP contribution in [-0.2, 0) is 50.7 Å². The van der Waals surface area contributed by atoms with Gasteiger partial charge in [0, 0.05) is 30.7 Å². The van der Waals surface area contributed by atoms with Gasteiger partial charge in [0.2, 0.25) is 16.9 Å². The van der Waals surface area contributed by atoms with E-state index in [9.17, 15) is 57.9 Å². The van der Waals surface area contributed by atoms with Crippen molar-refractivity contribution in [3.63, 3.8) is 0 Å². The second-order valence-corrected chi connectivity index (χ2v) is 17.1. The van der Waals surface area contributed by atoms with Crippen LogP contribution in [0.4, 0.5) is 5.82 Å². The average molecular weight is 836 g/mol. The van der Waals surface area contributed by atoms with Gasteiger partial charge in [-0.15, -0.1) is 0 Å². The molecule has 2 aromatic rings. The number of aliphatic hydroxyl groups is 2. The molecule has 3 heterocycles. The molecule has 1 fully saturated rings. The molecule has 1 aliphatic rings. The molecule has 28 heteroatoms. The molecule has 53 heavy (non-hydrogen) atoms. The average Bonchev–Trinajstić information content (AvgIpc) is 3.61. The smallest absolute Gasteiger partial charge is 0.386 e. The summed E-state index contributed by atoms with van der Waals surface area (Å²) in [6, 6.07) is 0. The maximum atomic E-state index is 12.6. The molecule has 10 N–H and O–H groups in total. The summed E-state index contributed by atoms with van der Waals surface area (Å²) in [4.78, 5) is 86.7. The minimum atomic E-state index is -5.56. The number of amides is 2. The molecule has 1 saturated heterocycles. The molecular formula is C25H40N7O17P3S. The number of aliphatic hydroxyl groups excluding tert-OH is 2. The lowest BCUT2D eigenvalue weighted by molar-refractivity contribution is -0.137. The molecule has 24 nitrogen and oxygen atoms in total. The maximum absolute atomic E-state index is 12.6. The highest BCUT2D eigenvalue weighted by molar-refractivity contribution is 8.14. The summed E-state index contributed by atoms with van der Waals surface area (Å²) < 4.78 is 61.9. The Kier molecular flexibility index (Phi) is 15.8. The van der Waals surface area contributed by atoms with Crippen molar-refractivity contribution < 1.29 is 80.5 Å². The van der Waals surface area contributed by atoms with E-state index >= 15 is 0 Å². The van der Waals surface area contributed by atoms with Crippen LogP contribution < -0.4 is 16.4 Å². The number of nitrogens with one attached hydrogen (secondary N) is 2. The number of imidazole rings is 1. The van der Waals surface area contributed by atoms with Crippen molar-refractivity contribution in [2.75, 3.05) is 37.8 Å². The summed E-state index contributed by atoms with van der Waals surface area (Å²) in [7, 11) is -16.4. The third-order valence-electron chi connectivity index (χ3n) is 7.05. The van der Waals surface area contributed by atoms with E-state index in [0.717, 1.165) is 29.0 Å². The van der Waals surface area contributed by atoms with Gasteiger partial charge in [0.25, 0.3) is 0 Å². The summed E-state index contributed by atoms with van der Waals surface area (Å²) in [5.74, 6) is -1.13. The Morgan fingerprint density at radius 3 is 2.43 bits per heavy atom. The Morgan fingerprint density at radius 2 is 1.77 bits per heavy atom. The summed E-state index contributed by atoms with van der Waals surface area (Å²) in [6.07, 6.45) is -3.94. The first-order chi connectivity index (χ1) is 24.6. The van der Waals surface area contributed by atoms with Gasteiger partial charge in [-0.25, -0.2) is 28.6 Å². The lowest BCUT2D eigenvalue weighted by Gasteiger charge is -2.30. The molecule has 0 aliphatic carbocycles. The van der Waals surface area contributed by atoms with Crippen LogP contribution in [0.3, 0.4) is 0 Å². The van der Waals surface area contributed by atoms with Crippen molar-refractivity contribution >= 4 is 69.1 Å². The molecule has 298 valence electrons. The molecule has 1 aliphatic heterocycles. The number of phosphoric ester groups is 3. The Bertz CT molecular complexity index is 1790. The number of anilines is 1. The predicted octanol–water partition coefficient (Wildman–Crippen LogP) is -0.759. The van der Waals surface area contributed by atoms with Gasteiger partial charge in [-0.05, 0) is 13.0 Å². The number of ether oxygens (including phenoxy) is 1. The van der Waals surface area contributed by atoms with Crippen molar-refractivity contribution in [1.29, 1.82) is 0 Å². The number of carbonyl (C=O) groups excluding carboxylic acids is 3. The number of allylic oxidation sites excluding steroid dienone is 1. The highest BCUT2D eigenvalue weighted by Gasteiger charge is 2.50. The van der Waals surface area contributed by atoms with Gasteiger partial charge in [-0.3, -0.25) is 32.5 Å². The number of thioether (sulfide) groups is 1. The number of aromatic nitrogens is 4. The SMILES string of the molecule is C/C=C/C(=O)SCCNC(=O)CCNC(=O)C(O)C(C)(C)COP(=O)(O)OP(=O)(O)OCC1OC(n2cnc3c(N)ncnc32)C(O)C1OP(=O)(O)O. The first-order valence-electron chi connectivity index (χ1n) is 15.2. The van der Waals surface area contributed by atoms with Crippen LogP contribution in [0, 0.1) is 5.41 Å². The monoisotopic (exact) mass is 835 g/mol. The van der Waals surface area contributed by atoms with Crippen LogP contribution in [0.25, 0.3) is 11.2 Å². The minimum absolute atomic E-state index is 0.0300. The summed E-state index contributed by atoms with van der Waals surface area (Å²) >= 11 is 1.01. The van der Waals surface area contributed by atoms with E-state index in [-0.39, 0.29) is 41.6 Å². The lowest BCUT2D eigenvalue weighted by Crippen LogP contribution is -2.46. The van der Waals surface area contributed by atoms with E-state index in [2.05, 4.69) is 34.4 Å². The Hall–Kier alpha value is -2.70. The fraction of sp³-hybridized carbons (Fsp3) is 0.600. The fourth-order valence-electron chi connectivity index (χ4n) is 4.47. The molecule has 0 saturated carbocycles. The number of nitrogen functional groups attached to an aromatic ring is 1. The number of nitrogens with two attached hydrogens (primary N) is 1. The molecule has 0 bridgehead atoms.